The van der Waals surface area contributed by atoms with Gasteiger partial charge in [0.15, 0.2) is 19.7 Å². The minimum absolute atomic E-state index is 0.0303. The van der Waals surface area contributed by atoms with E-state index in [1.54, 1.807) is 24.3 Å². The van der Waals surface area contributed by atoms with E-state index >= 15 is 0 Å². The molecule has 1 heterocycles. The van der Waals surface area contributed by atoms with Gasteiger partial charge in [-0.1, -0.05) is 11.6 Å². The Morgan fingerprint density at radius 2 is 1.52 bits per heavy atom. The molecule has 0 bridgehead atoms. The number of hydrogen-bond acceptors (Lipinski definition) is 9. The van der Waals surface area contributed by atoms with Gasteiger partial charge in [-0.25, -0.2) is 21.8 Å². The van der Waals surface area contributed by atoms with E-state index in [9.17, 15) is 16.8 Å². The van der Waals surface area contributed by atoms with E-state index in [1.807, 2.05) is 6.07 Å². The predicted octanol–water partition coefficient (Wildman–Crippen LogP) is 3.30. The van der Waals surface area contributed by atoms with Gasteiger partial charge in [0, 0.05) is 29.4 Å². The molecule has 0 amide bonds. The molecule has 3 rings (SSSR count). The number of rotatable bonds is 6. The molecular weight excluding hydrogens is 462 g/mol. The minimum atomic E-state index is -3.82. The summed E-state index contributed by atoms with van der Waals surface area (Å²) < 4.78 is 49.1. The summed E-state index contributed by atoms with van der Waals surface area (Å²) in [5.74, 6) is 0.328. The zero-order valence-corrected chi connectivity index (χ0v) is 18.7. The van der Waals surface area contributed by atoms with Crippen LogP contribution in [0, 0.1) is 11.3 Å². The zero-order valence-electron chi connectivity index (χ0n) is 16.3. The number of nitriles is 1. The fraction of sp³-hybridized carbons (Fsp3) is 0.105. The molecule has 12 heteroatoms. The highest BCUT2D eigenvalue weighted by Gasteiger charge is 2.24. The summed E-state index contributed by atoms with van der Waals surface area (Å²) in [6, 6.07) is 12.4. The van der Waals surface area contributed by atoms with Crippen molar-refractivity contribution in [2.24, 2.45) is 0 Å². The highest BCUT2D eigenvalue weighted by molar-refractivity contribution is 7.91. The third-order valence-electron chi connectivity index (χ3n) is 4.01. The van der Waals surface area contributed by atoms with Gasteiger partial charge in [0.05, 0.1) is 27.1 Å². The quantitative estimate of drug-likeness (QED) is 0.546. The molecule has 0 saturated heterocycles. The van der Waals surface area contributed by atoms with Crippen molar-refractivity contribution in [2.45, 2.75) is 9.79 Å². The molecular formula is C19H16ClN5O4S2. The molecule has 0 unspecified atom stereocenters. The first-order chi connectivity index (χ1) is 14.5. The monoisotopic (exact) mass is 477 g/mol. The van der Waals surface area contributed by atoms with E-state index in [4.69, 9.17) is 16.9 Å². The van der Waals surface area contributed by atoms with E-state index in [-0.39, 0.29) is 32.3 Å². The summed E-state index contributed by atoms with van der Waals surface area (Å²) in [6.45, 7) is 0. The second-order valence-electron chi connectivity index (χ2n) is 6.53. The minimum Gasteiger partial charge on any atom is -0.338 e. The highest BCUT2D eigenvalue weighted by Crippen LogP contribution is 2.34. The summed E-state index contributed by atoms with van der Waals surface area (Å²) in [5.41, 5.74) is 0.958. The standard InChI is InChI=1S/C19H16ClN5O4S2/c1-30(26,27)15-9-13(20)10-16(31(2,28)29)18(15)24-17-7-8-22-19(25-17)23-14-5-3-12(11-21)4-6-14/h3-10H,1-2H3,(H2,22,23,24,25). The lowest BCUT2D eigenvalue weighted by Crippen LogP contribution is -2.10. The number of nitrogens with one attached hydrogen (secondary N) is 2. The highest BCUT2D eigenvalue weighted by atomic mass is 35.5. The van der Waals surface area contributed by atoms with Gasteiger partial charge in [0.25, 0.3) is 0 Å². The van der Waals surface area contributed by atoms with E-state index in [0.29, 0.717) is 11.3 Å². The van der Waals surface area contributed by atoms with Gasteiger partial charge in [-0.15, -0.1) is 0 Å². The van der Waals surface area contributed by atoms with Crippen molar-refractivity contribution in [3.63, 3.8) is 0 Å². The van der Waals surface area contributed by atoms with Gasteiger partial charge in [-0.2, -0.15) is 10.2 Å². The van der Waals surface area contributed by atoms with E-state index in [1.165, 1.54) is 24.4 Å². The molecule has 0 aliphatic rings. The molecule has 160 valence electrons. The van der Waals surface area contributed by atoms with Crippen molar-refractivity contribution in [1.29, 1.82) is 5.26 Å². The van der Waals surface area contributed by atoms with Crippen LogP contribution in [0.15, 0.2) is 58.5 Å². The third-order valence-corrected chi connectivity index (χ3v) is 6.47. The Balaban J connectivity index is 2.03. The van der Waals surface area contributed by atoms with Crippen molar-refractivity contribution in [1.82, 2.24) is 9.97 Å². The smallest absolute Gasteiger partial charge is 0.229 e. The summed E-state index contributed by atoms with van der Waals surface area (Å²) in [6.07, 6.45) is 3.32. The van der Waals surface area contributed by atoms with Crippen molar-refractivity contribution < 1.29 is 16.8 Å². The van der Waals surface area contributed by atoms with Crippen LogP contribution < -0.4 is 10.6 Å². The van der Waals surface area contributed by atoms with Crippen LogP contribution in [0.5, 0.6) is 0 Å². The van der Waals surface area contributed by atoms with Gasteiger partial charge < -0.3 is 10.6 Å². The molecule has 0 saturated carbocycles. The average molecular weight is 478 g/mol. The summed E-state index contributed by atoms with van der Waals surface area (Å²) in [7, 11) is -7.64. The van der Waals surface area contributed by atoms with Crippen molar-refractivity contribution >= 4 is 54.4 Å². The average Bonchev–Trinajstić information content (AvgIpc) is 2.68. The molecule has 31 heavy (non-hydrogen) atoms. The number of benzene rings is 2. The molecule has 0 aliphatic heterocycles. The number of hydrogen-bond donors (Lipinski definition) is 2. The Morgan fingerprint density at radius 1 is 0.935 bits per heavy atom. The molecule has 0 aliphatic carbocycles. The zero-order chi connectivity index (χ0) is 22.8. The fourth-order valence-corrected chi connectivity index (χ4v) is 4.80. The number of aromatic nitrogens is 2. The van der Waals surface area contributed by atoms with Gasteiger partial charge in [0.2, 0.25) is 5.95 Å². The summed E-state index contributed by atoms with van der Waals surface area (Å²) >= 11 is 5.96. The Morgan fingerprint density at radius 3 is 2.03 bits per heavy atom. The summed E-state index contributed by atoms with van der Waals surface area (Å²) in [5, 5.41) is 14.6. The predicted molar refractivity (Wildman–Crippen MR) is 117 cm³/mol. The van der Waals surface area contributed by atoms with Crippen LogP contribution in [0.25, 0.3) is 0 Å². The van der Waals surface area contributed by atoms with E-state index in [0.717, 1.165) is 12.5 Å². The van der Waals surface area contributed by atoms with Crippen LogP contribution in [0.4, 0.5) is 23.1 Å². The van der Waals surface area contributed by atoms with E-state index in [2.05, 4.69) is 20.6 Å². The van der Waals surface area contributed by atoms with Crippen LogP contribution >= 0.6 is 11.6 Å². The maximum absolute atomic E-state index is 12.3. The third kappa shape index (κ3) is 5.49. The Hall–Kier alpha value is -3.20. The first-order valence-electron chi connectivity index (χ1n) is 8.58. The number of halogens is 1. The van der Waals surface area contributed by atoms with Gasteiger partial charge in [-0.05, 0) is 42.5 Å². The normalized spacial score (nSPS) is 11.5. The molecule has 0 spiro atoms. The van der Waals surface area contributed by atoms with Crippen molar-refractivity contribution in [2.75, 3.05) is 23.1 Å². The second kappa shape index (κ2) is 8.50. The Bertz CT molecular complexity index is 1350. The van der Waals surface area contributed by atoms with Gasteiger partial charge in [-0.3, -0.25) is 0 Å². The maximum atomic E-state index is 12.3. The lowest BCUT2D eigenvalue weighted by Gasteiger charge is -2.15. The Labute approximate surface area is 184 Å². The van der Waals surface area contributed by atoms with Gasteiger partial charge in [0.1, 0.15) is 5.82 Å². The van der Waals surface area contributed by atoms with Crippen LogP contribution in [-0.2, 0) is 19.7 Å². The first kappa shape index (κ1) is 22.5. The van der Waals surface area contributed by atoms with Crippen molar-refractivity contribution in [3.05, 3.63) is 59.2 Å². The van der Waals surface area contributed by atoms with Crippen molar-refractivity contribution in [3.8, 4) is 6.07 Å². The molecule has 2 aromatic carbocycles. The topological polar surface area (TPSA) is 142 Å². The van der Waals surface area contributed by atoms with Gasteiger partial charge >= 0.3 is 0 Å². The van der Waals surface area contributed by atoms with Crippen LogP contribution in [0.3, 0.4) is 0 Å². The number of anilines is 4. The van der Waals surface area contributed by atoms with E-state index < -0.39 is 19.7 Å². The molecule has 0 atom stereocenters. The summed E-state index contributed by atoms with van der Waals surface area (Å²) in [4.78, 5) is 7.79. The number of sulfone groups is 2. The number of nitrogens with zero attached hydrogens (tertiary/aromatic N) is 3. The Kier molecular flexibility index (Phi) is 6.17. The maximum Gasteiger partial charge on any atom is 0.229 e. The second-order valence-corrected chi connectivity index (χ2v) is 10.9. The first-order valence-corrected chi connectivity index (χ1v) is 12.7. The van der Waals surface area contributed by atoms with Crippen LogP contribution in [0.1, 0.15) is 5.56 Å². The molecule has 9 nitrogen and oxygen atoms in total. The lowest BCUT2D eigenvalue weighted by atomic mass is 10.2. The largest absolute Gasteiger partial charge is 0.338 e. The molecule has 3 aromatic rings. The molecule has 0 fully saturated rings. The molecule has 0 radical (unpaired) electrons. The fourth-order valence-electron chi connectivity index (χ4n) is 2.64. The molecule has 1 aromatic heterocycles. The van der Waals surface area contributed by atoms with Crippen LogP contribution in [0.2, 0.25) is 5.02 Å². The SMILES string of the molecule is CS(=O)(=O)c1cc(Cl)cc(S(C)(=O)=O)c1Nc1ccnc(Nc2ccc(C#N)cc2)n1. The van der Waals surface area contributed by atoms with Crippen LogP contribution in [-0.4, -0.2) is 39.3 Å². The molecule has 2 N–H and O–H groups in total. The lowest BCUT2D eigenvalue weighted by molar-refractivity contribution is 0.601.